The maximum atomic E-state index is 13.5. The zero-order valence-corrected chi connectivity index (χ0v) is 24.1. The lowest BCUT2D eigenvalue weighted by Gasteiger charge is -2.21. The summed E-state index contributed by atoms with van der Waals surface area (Å²) in [6.45, 7) is 2.08. The molecule has 226 valence electrons. The standard InChI is InChI=1S/C29H23F6N3O3S2/c1-2-40-24-13-18(14-25-26(39)37-27(43-25)38(11-4-10-36)16-21-5-3-12-42-21)6-9-23(24)41-17-19-7-8-20(28(30,31)32)15-22(19)29(33,34)35/h3,5-9,12-15H,2,4,11,16-17H2,1H3. The Bertz CT molecular complexity index is 1560. The molecular weight excluding hydrogens is 616 g/mol. The minimum Gasteiger partial charge on any atom is -0.490 e. The van der Waals surface area contributed by atoms with Crippen molar-refractivity contribution in [3.63, 3.8) is 0 Å². The number of nitriles is 1. The number of thioether (sulfide) groups is 1. The van der Waals surface area contributed by atoms with Crippen LogP contribution in [0.15, 0.2) is 63.8 Å². The van der Waals surface area contributed by atoms with Crippen LogP contribution in [-0.2, 0) is 30.3 Å². The van der Waals surface area contributed by atoms with Crippen LogP contribution < -0.4 is 9.47 Å². The fourth-order valence-electron chi connectivity index (χ4n) is 4.00. The average Bonchev–Trinajstić information content (AvgIpc) is 3.59. The third-order valence-electron chi connectivity index (χ3n) is 5.99. The van der Waals surface area contributed by atoms with Gasteiger partial charge in [0.05, 0.1) is 41.7 Å². The lowest BCUT2D eigenvalue weighted by atomic mass is 10.0. The summed E-state index contributed by atoms with van der Waals surface area (Å²) >= 11 is 2.70. The number of carbonyl (C=O) groups excluding carboxylic acids is 1. The second-order valence-electron chi connectivity index (χ2n) is 9.01. The van der Waals surface area contributed by atoms with E-state index in [1.165, 1.54) is 12.1 Å². The average molecular weight is 640 g/mol. The summed E-state index contributed by atoms with van der Waals surface area (Å²) in [5.41, 5.74) is -2.81. The summed E-state index contributed by atoms with van der Waals surface area (Å²) in [4.78, 5) is 20.1. The first-order valence-electron chi connectivity index (χ1n) is 12.7. The highest BCUT2D eigenvalue weighted by Crippen LogP contribution is 2.39. The number of hydrogen-bond donors (Lipinski definition) is 0. The Hall–Kier alpha value is -3.96. The summed E-state index contributed by atoms with van der Waals surface area (Å²) in [6.07, 6.45) is -8.13. The smallest absolute Gasteiger partial charge is 0.416 e. The highest BCUT2D eigenvalue weighted by molar-refractivity contribution is 8.18. The first-order valence-corrected chi connectivity index (χ1v) is 14.4. The van der Waals surface area contributed by atoms with Gasteiger partial charge in [0.25, 0.3) is 5.91 Å². The van der Waals surface area contributed by atoms with Crippen LogP contribution in [0.2, 0.25) is 0 Å². The molecule has 0 atom stereocenters. The van der Waals surface area contributed by atoms with Crippen LogP contribution in [0.1, 0.15) is 40.5 Å². The molecule has 1 aliphatic rings. The van der Waals surface area contributed by atoms with Crippen molar-refractivity contribution in [2.45, 2.75) is 38.8 Å². The molecule has 2 heterocycles. The van der Waals surface area contributed by atoms with E-state index < -0.39 is 41.6 Å². The first kappa shape index (κ1) is 32.0. The van der Waals surface area contributed by atoms with E-state index in [1.807, 2.05) is 22.4 Å². The van der Waals surface area contributed by atoms with Gasteiger partial charge < -0.3 is 14.4 Å². The number of rotatable bonds is 10. The van der Waals surface area contributed by atoms with Crippen LogP contribution in [-0.4, -0.2) is 29.1 Å². The maximum absolute atomic E-state index is 13.5. The number of benzene rings is 2. The molecule has 3 aromatic rings. The number of carbonyl (C=O) groups is 1. The second kappa shape index (κ2) is 13.6. The largest absolute Gasteiger partial charge is 0.490 e. The van der Waals surface area contributed by atoms with Gasteiger partial charge in [-0.25, -0.2) is 0 Å². The Balaban J connectivity index is 1.53. The molecule has 0 spiro atoms. The number of ether oxygens (including phenoxy) is 2. The van der Waals surface area contributed by atoms with Gasteiger partial charge in [-0.3, -0.25) is 4.79 Å². The van der Waals surface area contributed by atoms with Gasteiger partial charge in [0, 0.05) is 17.0 Å². The summed E-state index contributed by atoms with van der Waals surface area (Å²) < 4.78 is 90.8. The Morgan fingerprint density at radius 3 is 2.47 bits per heavy atom. The second-order valence-corrected chi connectivity index (χ2v) is 11.1. The van der Waals surface area contributed by atoms with E-state index in [-0.39, 0.29) is 30.6 Å². The van der Waals surface area contributed by atoms with Gasteiger partial charge in [-0.15, -0.1) is 11.3 Å². The van der Waals surface area contributed by atoms with E-state index in [4.69, 9.17) is 14.7 Å². The molecule has 0 radical (unpaired) electrons. The molecule has 43 heavy (non-hydrogen) atoms. The molecule has 4 rings (SSSR count). The molecule has 0 N–H and O–H groups in total. The highest BCUT2D eigenvalue weighted by atomic mass is 32.2. The van der Waals surface area contributed by atoms with Crippen molar-refractivity contribution in [3.05, 3.63) is 85.9 Å². The number of alkyl halides is 6. The van der Waals surface area contributed by atoms with Gasteiger partial charge in [-0.05, 0) is 66.0 Å². The van der Waals surface area contributed by atoms with E-state index in [0.29, 0.717) is 34.8 Å². The van der Waals surface area contributed by atoms with Gasteiger partial charge in [-0.2, -0.15) is 36.6 Å². The molecule has 0 fully saturated rings. The molecular formula is C29H23F6N3O3S2. The molecule has 1 amide bonds. The Kier molecular flexibility index (Phi) is 10.1. The number of nitrogens with zero attached hydrogens (tertiary/aromatic N) is 3. The molecule has 0 aliphatic carbocycles. The summed E-state index contributed by atoms with van der Waals surface area (Å²) in [6, 6.07) is 11.9. The lowest BCUT2D eigenvalue weighted by Crippen LogP contribution is -2.28. The zero-order valence-electron chi connectivity index (χ0n) is 22.5. The van der Waals surface area contributed by atoms with E-state index in [9.17, 15) is 31.1 Å². The van der Waals surface area contributed by atoms with Gasteiger partial charge >= 0.3 is 12.4 Å². The lowest BCUT2D eigenvalue weighted by molar-refractivity contribution is -0.143. The van der Waals surface area contributed by atoms with E-state index in [1.54, 1.807) is 30.4 Å². The van der Waals surface area contributed by atoms with Crippen LogP contribution in [0.5, 0.6) is 11.5 Å². The number of hydrogen-bond acceptors (Lipinski definition) is 7. The molecule has 14 heteroatoms. The van der Waals surface area contributed by atoms with Crippen LogP contribution in [0.3, 0.4) is 0 Å². The monoisotopic (exact) mass is 639 g/mol. The molecule has 0 saturated heterocycles. The van der Waals surface area contributed by atoms with Crippen molar-refractivity contribution in [1.29, 1.82) is 5.26 Å². The van der Waals surface area contributed by atoms with Crippen molar-refractivity contribution in [3.8, 4) is 17.6 Å². The fraction of sp³-hybridized carbons (Fsp3) is 0.276. The van der Waals surface area contributed by atoms with Crippen molar-refractivity contribution in [2.75, 3.05) is 13.2 Å². The normalized spacial score (nSPS) is 14.5. The van der Waals surface area contributed by atoms with Crippen molar-refractivity contribution < 1.29 is 40.6 Å². The number of aliphatic imine (C=N–C) groups is 1. The predicted molar refractivity (Wildman–Crippen MR) is 151 cm³/mol. The van der Waals surface area contributed by atoms with Crippen LogP contribution in [0.4, 0.5) is 26.3 Å². The molecule has 0 unspecified atom stereocenters. The maximum Gasteiger partial charge on any atom is 0.416 e. The van der Waals surface area contributed by atoms with Crippen molar-refractivity contribution in [2.24, 2.45) is 4.99 Å². The van der Waals surface area contributed by atoms with Gasteiger partial charge in [0.2, 0.25) is 0 Å². The Morgan fingerprint density at radius 2 is 1.81 bits per heavy atom. The summed E-state index contributed by atoms with van der Waals surface area (Å²) in [5.74, 6) is -0.228. The topological polar surface area (TPSA) is 74.9 Å². The predicted octanol–water partition coefficient (Wildman–Crippen LogP) is 8.15. The number of amidine groups is 1. The minimum atomic E-state index is -5.03. The zero-order chi connectivity index (χ0) is 31.2. The first-order chi connectivity index (χ1) is 20.4. The number of thiophene rings is 1. The van der Waals surface area contributed by atoms with Crippen molar-refractivity contribution in [1.82, 2.24) is 4.90 Å². The highest BCUT2D eigenvalue weighted by Gasteiger charge is 2.38. The van der Waals surface area contributed by atoms with E-state index >= 15 is 0 Å². The molecule has 0 bridgehead atoms. The molecule has 1 aliphatic heterocycles. The third kappa shape index (κ3) is 8.32. The van der Waals surface area contributed by atoms with Crippen LogP contribution >= 0.6 is 23.1 Å². The quantitative estimate of drug-likeness (QED) is 0.165. The molecule has 0 saturated carbocycles. The summed E-state index contributed by atoms with van der Waals surface area (Å²) in [7, 11) is 0. The van der Waals surface area contributed by atoms with Crippen molar-refractivity contribution >= 4 is 40.2 Å². The SMILES string of the molecule is CCOc1cc(C=C2SC(N(CCC#N)Cc3cccs3)=NC2=O)ccc1OCc1ccc(C(F)(F)F)cc1C(F)(F)F. The van der Waals surface area contributed by atoms with Gasteiger partial charge in [0.1, 0.15) is 6.61 Å². The number of halogens is 6. The van der Waals surface area contributed by atoms with Gasteiger partial charge in [0.15, 0.2) is 16.7 Å². The third-order valence-corrected chi connectivity index (χ3v) is 7.90. The molecule has 6 nitrogen and oxygen atoms in total. The van der Waals surface area contributed by atoms with Crippen LogP contribution in [0.25, 0.3) is 6.08 Å². The van der Waals surface area contributed by atoms with Gasteiger partial charge in [-0.1, -0.05) is 18.2 Å². The fourth-order valence-corrected chi connectivity index (χ4v) is 5.66. The summed E-state index contributed by atoms with van der Waals surface area (Å²) in [5, 5.41) is 11.4. The molecule has 1 aromatic heterocycles. The Labute approximate surface area is 251 Å². The molecule has 2 aromatic carbocycles. The number of amides is 1. The van der Waals surface area contributed by atoms with E-state index in [0.717, 1.165) is 22.7 Å². The van der Waals surface area contributed by atoms with E-state index in [2.05, 4.69) is 11.1 Å². The minimum absolute atomic E-state index is 0.0614. The Morgan fingerprint density at radius 1 is 1.02 bits per heavy atom. The van der Waals surface area contributed by atoms with Crippen LogP contribution in [0, 0.1) is 11.3 Å².